The third kappa shape index (κ3) is 11.4. The fourth-order valence-corrected chi connectivity index (χ4v) is 2.98. The lowest BCUT2D eigenvalue weighted by Gasteiger charge is -2.23. The fourth-order valence-electron chi connectivity index (χ4n) is 2.42. The lowest BCUT2D eigenvalue weighted by Crippen LogP contribution is -2.21. The molecule has 160 valence electrons. The molecule has 0 radical (unpaired) electrons. The predicted octanol–water partition coefficient (Wildman–Crippen LogP) is 7.09. The van der Waals surface area contributed by atoms with Crippen LogP contribution in [0, 0.1) is 22.7 Å². The summed E-state index contributed by atoms with van der Waals surface area (Å²) in [5.41, 5.74) is 3.78. The quantitative estimate of drug-likeness (QED) is 0.311. The van der Waals surface area contributed by atoms with E-state index in [9.17, 15) is 0 Å². The number of hydrogen-bond acceptors (Lipinski definition) is 5. The number of nitriles is 1. The van der Waals surface area contributed by atoms with Crippen molar-refractivity contribution in [2.24, 2.45) is 11.3 Å². The second-order valence-corrected chi connectivity index (χ2v) is 9.92. The minimum absolute atomic E-state index is 0.294. The zero-order valence-electron chi connectivity index (χ0n) is 19.1. The average Bonchev–Trinajstić information content (AvgIpc) is 3.05. The second kappa shape index (κ2) is 14.3. The molecule has 0 N–H and O–H groups in total. The molecule has 0 fully saturated rings. The first-order chi connectivity index (χ1) is 13.1. The van der Waals surface area contributed by atoms with E-state index < -0.39 is 0 Å². The van der Waals surface area contributed by atoms with Gasteiger partial charge in [0.15, 0.2) is 0 Å². The molecule has 3 nitrogen and oxygen atoms in total. The first kappa shape index (κ1) is 27.3. The van der Waals surface area contributed by atoms with Crippen LogP contribution in [-0.2, 0) is 10.6 Å². The molecule has 0 amide bonds. The summed E-state index contributed by atoms with van der Waals surface area (Å²) >= 11 is 5.92. The van der Waals surface area contributed by atoms with Gasteiger partial charge in [0.05, 0.1) is 18.2 Å². The van der Waals surface area contributed by atoms with Gasteiger partial charge in [-0.15, -0.1) is 0 Å². The summed E-state index contributed by atoms with van der Waals surface area (Å²) in [5, 5.41) is 9.09. The first-order valence-electron chi connectivity index (χ1n) is 10.2. The van der Waals surface area contributed by atoms with Gasteiger partial charge in [-0.1, -0.05) is 79.8 Å². The smallest absolute Gasteiger partial charge is 0.0994 e. The van der Waals surface area contributed by atoms with Gasteiger partial charge in [-0.25, -0.2) is 4.31 Å². The molecule has 2 rings (SSSR count). The van der Waals surface area contributed by atoms with Crippen LogP contribution in [0.5, 0.6) is 0 Å². The maximum Gasteiger partial charge on any atom is 0.0994 e. The molecule has 0 bridgehead atoms. The topological polar surface area (TPSA) is 36.3 Å². The molecule has 0 aromatic heterocycles. The zero-order chi connectivity index (χ0) is 21.7. The van der Waals surface area contributed by atoms with Crippen LogP contribution in [0.4, 0.5) is 0 Å². The van der Waals surface area contributed by atoms with E-state index in [0.717, 1.165) is 30.9 Å². The molecule has 0 spiro atoms. The van der Waals surface area contributed by atoms with Crippen LogP contribution in [0.1, 0.15) is 84.0 Å². The highest BCUT2D eigenvalue weighted by molar-refractivity contribution is 7.93. The molecule has 28 heavy (non-hydrogen) atoms. The van der Waals surface area contributed by atoms with Crippen molar-refractivity contribution in [1.29, 1.82) is 5.26 Å². The normalized spacial score (nSPS) is 15.3. The van der Waals surface area contributed by atoms with Crippen LogP contribution in [0.15, 0.2) is 18.2 Å². The van der Waals surface area contributed by atoms with E-state index >= 15 is 0 Å². The maximum absolute atomic E-state index is 9.09. The Balaban J connectivity index is 0.000000608. The SMILES string of the molecule is CC(C)C.CCC(C)(C)C.CSOCCN(S)C1CCc2c(C#N)cccc21. The summed E-state index contributed by atoms with van der Waals surface area (Å²) < 4.78 is 7.29. The van der Waals surface area contributed by atoms with Crippen LogP contribution in [-0.4, -0.2) is 23.7 Å². The van der Waals surface area contributed by atoms with Crippen molar-refractivity contribution in [3.63, 3.8) is 0 Å². The predicted molar refractivity (Wildman–Crippen MR) is 128 cm³/mol. The molecule has 1 aromatic carbocycles. The molecule has 1 atom stereocenters. The summed E-state index contributed by atoms with van der Waals surface area (Å²) in [6.45, 7) is 16.9. The molecule has 0 saturated heterocycles. The number of fused-ring (bicyclic) bond motifs is 1. The number of rotatable bonds is 5. The fraction of sp³-hybridized carbons (Fsp3) is 0.696. The third-order valence-electron chi connectivity index (χ3n) is 4.30. The van der Waals surface area contributed by atoms with Crippen molar-refractivity contribution in [1.82, 2.24) is 4.31 Å². The molecule has 1 unspecified atom stereocenters. The summed E-state index contributed by atoms with van der Waals surface area (Å²) in [6, 6.07) is 8.51. The van der Waals surface area contributed by atoms with Crippen molar-refractivity contribution in [3.05, 3.63) is 34.9 Å². The highest BCUT2D eigenvalue weighted by Crippen LogP contribution is 2.37. The molecule has 0 heterocycles. The summed E-state index contributed by atoms with van der Waals surface area (Å²) in [6.07, 6.45) is 5.17. The van der Waals surface area contributed by atoms with Crippen molar-refractivity contribution >= 4 is 24.9 Å². The largest absolute Gasteiger partial charge is 0.314 e. The summed E-state index contributed by atoms with van der Waals surface area (Å²) in [5.74, 6) is 0.833. The van der Waals surface area contributed by atoms with E-state index in [1.165, 1.54) is 29.6 Å². The Labute approximate surface area is 184 Å². The molecule has 1 aliphatic rings. The average molecular weight is 425 g/mol. The molecule has 5 heteroatoms. The van der Waals surface area contributed by atoms with Crippen molar-refractivity contribution in [2.45, 2.75) is 73.8 Å². The minimum atomic E-state index is 0.294. The van der Waals surface area contributed by atoms with Gasteiger partial charge in [0.1, 0.15) is 0 Å². The number of benzene rings is 1. The Morgan fingerprint density at radius 3 is 2.36 bits per heavy atom. The van der Waals surface area contributed by atoms with Crippen molar-refractivity contribution in [2.75, 3.05) is 19.4 Å². The Kier molecular flexibility index (Phi) is 14.0. The van der Waals surface area contributed by atoms with Crippen LogP contribution < -0.4 is 0 Å². The van der Waals surface area contributed by atoms with Gasteiger partial charge in [-0.3, -0.25) is 0 Å². The third-order valence-corrected chi connectivity index (χ3v) is 5.18. The van der Waals surface area contributed by atoms with E-state index in [2.05, 4.69) is 73.4 Å². The van der Waals surface area contributed by atoms with E-state index in [-0.39, 0.29) is 0 Å². The van der Waals surface area contributed by atoms with Gasteiger partial charge in [-0.05, 0) is 53.4 Å². The van der Waals surface area contributed by atoms with Crippen LogP contribution in [0.25, 0.3) is 0 Å². The number of hydrogen-bond donors (Lipinski definition) is 1. The van der Waals surface area contributed by atoms with E-state index in [4.69, 9.17) is 9.44 Å². The van der Waals surface area contributed by atoms with Gasteiger partial charge in [0.25, 0.3) is 0 Å². The highest BCUT2D eigenvalue weighted by Gasteiger charge is 2.27. The standard InChI is InChI=1S/C13H16N2OS2.C6H14.C4H10/c1-18-16-8-7-15(17)13-6-5-11-10(9-14)3-2-4-12(11)13;1-5-6(2,3)4;1-4(2)3/h2-4,13,17H,5-8H2,1H3;5H2,1-4H3;4H,1-3H3. The van der Waals surface area contributed by atoms with E-state index in [1.54, 1.807) is 0 Å². The molecule has 1 aromatic rings. The summed E-state index contributed by atoms with van der Waals surface area (Å²) in [4.78, 5) is 0. The highest BCUT2D eigenvalue weighted by atomic mass is 32.2. The zero-order valence-corrected chi connectivity index (χ0v) is 20.8. The van der Waals surface area contributed by atoms with Gasteiger partial charge in [0, 0.05) is 18.8 Å². The van der Waals surface area contributed by atoms with E-state index in [1.807, 2.05) is 22.7 Å². The Morgan fingerprint density at radius 1 is 1.32 bits per heavy atom. The number of thiol groups is 1. The van der Waals surface area contributed by atoms with Gasteiger partial charge >= 0.3 is 0 Å². The molecule has 1 aliphatic carbocycles. The molecule has 0 saturated carbocycles. The lowest BCUT2D eigenvalue weighted by atomic mass is 9.94. The maximum atomic E-state index is 9.09. The van der Waals surface area contributed by atoms with Gasteiger partial charge in [-0.2, -0.15) is 5.26 Å². The minimum Gasteiger partial charge on any atom is -0.314 e. The van der Waals surface area contributed by atoms with Crippen molar-refractivity contribution < 1.29 is 4.18 Å². The van der Waals surface area contributed by atoms with Crippen LogP contribution in [0.2, 0.25) is 0 Å². The molecular weight excluding hydrogens is 384 g/mol. The molecular formula is C23H40N2OS2. The van der Waals surface area contributed by atoms with Crippen LogP contribution in [0.3, 0.4) is 0 Å². The summed E-state index contributed by atoms with van der Waals surface area (Å²) in [7, 11) is 0. The first-order valence-corrected chi connectivity index (χ1v) is 11.7. The Hall–Kier alpha value is -0.670. The lowest BCUT2D eigenvalue weighted by molar-refractivity contribution is 0.283. The monoisotopic (exact) mass is 424 g/mol. The van der Waals surface area contributed by atoms with Crippen molar-refractivity contribution in [3.8, 4) is 6.07 Å². The van der Waals surface area contributed by atoms with Gasteiger partial charge in [0.2, 0.25) is 0 Å². The van der Waals surface area contributed by atoms with E-state index in [0.29, 0.717) is 18.1 Å². The van der Waals surface area contributed by atoms with Crippen LogP contribution >= 0.6 is 24.9 Å². The second-order valence-electron chi connectivity index (χ2n) is 8.84. The van der Waals surface area contributed by atoms with Gasteiger partial charge < -0.3 is 4.18 Å². The Bertz CT molecular complexity index is 588. The molecule has 0 aliphatic heterocycles. The number of nitrogens with zero attached hydrogens (tertiary/aromatic N) is 2. The Morgan fingerprint density at radius 2 is 1.89 bits per heavy atom.